The number of carbonyl (C=O) groups is 1. The summed E-state index contributed by atoms with van der Waals surface area (Å²) in [5.41, 5.74) is 3.71. The van der Waals surface area contributed by atoms with Gasteiger partial charge in [-0.05, 0) is 55.9 Å². The smallest absolute Gasteiger partial charge is 0.410 e. The first-order valence-electron chi connectivity index (χ1n) is 18.0. The highest BCUT2D eigenvalue weighted by atomic mass is 35.5. The highest BCUT2D eigenvalue weighted by Crippen LogP contribution is 2.37. The molecule has 0 spiro atoms. The number of fused-ring (bicyclic) bond motifs is 2. The van der Waals surface area contributed by atoms with Crippen molar-refractivity contribution < 1.29 is 18.4 Å². The van der Waals surface area contributed by atoms with Gasteiger partial charge < -0.3 is 29.1 Å². The number of rotatable bonds is 8. The van der Waals surface area contributed by atoms with Crippen LogP contribution in [0.5, 0.6) is 6.01 Å². The molecule has 2 saturated heterocycles. The lowest BCUT2D eigenvalue weighted by atomic mass is 10.0. The third kappa shape index (κ3) is 6.71. The Morgan fingerprint density at radius 3 is 2.71 bits per heavy atom. The van der Waals surface area contributed by atoms with Crippen LogP contribution in [0.1, 0.15) is 40.2 Å². The van der Waals surface area contributed by atoms with Gasteiger partial charge in [-0.1, -0.05) is 66.2 Å². The summed E-state index contributed by atoms with van der Waals surface area (Å²) in [4.78, 5) is 30.6. The van der Waals surface area contributed by atoms with E-state index in [1.54, 1.807) is 4.90 Å². The van der Waals surface area contributed by atoms with Crippen molar-refractivity contribution in [2.75, 3.05) is 56.1 Å². The Bertz CT molecular complexity index is 1920. The van der Waals surface area contributed by atoms with Gasteiger partial charge in [0, 0.05) is 53.0 Å². The van der Waals surface area contributed by atoms with Gasteiger partial charge in [0.2, 0.25) is 0 Å². The maximum atomic E-state index is 13.3. The van der Waals surface area contributed by atoms with Gasteiger partial charge >= 0.3 is 12.1 Å². The molecule has 0 unspecified atom stereocenters. The molecule has 48 heavy (non-hydrogen) atoms. The summed E-state index contributed by atoms with van der Waals surface area (Å²) in [5.74, 6) is 0.713. The largest absolute Gasteiger partial charge is 0.462 e. The number of carbonyl (C=O) groups excluding carboxylic acids is 1. The molecule has 2 fully saturated rings. The molecular formula is C37H40ClN7O3. The van der Waals surface area contributed by atoms with Crippen molar-refractivity contribution in [3.63, 3.8) is 0 Å². The fourth-order valence-electron chi connectivity index (χ4n) is 7.01. The van der Waals surface area contributed by atoms with Gasteiger partial charge in [0.05, 0.1) is 35.8 Å². The molecule has 2 atom stereocenters. The van der Waals surface area contributed by atoms with Crippen LogP contribution in [0.3, 0.4) is 0 Å². The number of hydrogen-bond donors (Lipinski definition) is 0. The second kappa shape index (κ2) is 14.3. The Kier molecular flexibility index (Phi) is 8.45. The van der Waals surface area contributed by atoms with E-state index in [9.17, 15) is 10.1 Å². The highest BCUT2D eigenvalue weighted by molar-refractivity contribution is 6.36. The van der Waals surface area contributed by atoms with Crippen LogP contribution in [0.4, 0.5) is 16.3 Å². The predicted molar refractivity (Wildman–Crippen MR) is 186 cm³/mol. The topological polar surface area (TPSA) is 98.1 Å². The average Bonchev–Trinajstić information content (AvgIpc) is 3.63. The first-order valence-corrected chi connectivity index (χ1v) is 16.9. The van der Waals surface area contributed by atoms with Gasteiger partial charge in [0.1, 0.15) is 19.0 Å². The number of amides is 1. The zero-order valence-corrected chi connectivity index (χ0v) is 27.5. The maximum Gasteiger partial charge on any atom is 0.410 e. The minimum absolute atomic E-state index is 0.135. The number of benzene rings is 3. The van der Waals surface area contributed by atoms with Crippen LogP contribution < -0.4 is 14.5 Å². The molecule has 11 heteroatoms. The average molecular weight is 669 g/mol. The normalized spacial score (nSPS) is 20.8. The van der Waals surface area contributed by atoms with E-state index < -0.39 is 19.1 Å². The van der Waals surface area contributed by atoms with Gasteiger partial charge in [0.25, 0.3) is 0 Å². The summed E-state index contributed by atoms with van der Waals surface area (Å²) in [5, 5.41) is 12.5. The van der Waals surface area contributed by atoms with E-state index in [1.807, 2.05) is 48.5 Å². The molecule has 10 nitrogen and oxygen atoms in total. The van der Waals surface area contributed by atoms with Crippen molar-refractivity contribution in [3.05, 3.63) is 88.6 Å². The van der Waals surface area contributed by atoms with E-state index in [-0.39, 0.29) is 31.7 Å². The summed E-state index contributed by atoms with van der Waals surface area (Å²) in [6.45, 7) is 0.992. The van der Waals surface area contributed by atoms with E-state index in [4.69, 9.17) is 35.2 Å². The molecule has 4 heterocycles. The maximum absolute atomic E-state index is 13.3. The lowest BCUT2D eigenvalue weighted by molar-refractivity contribution is 0.0767. The van der Waals surface area contributed by atoms with Crippen LogP contribution in [-0.4, -0.2) is 84.3 Å². The van der Waals surface area contributed by atoms with E-state index in [2.05, 4.69) is 34.1 Å². The standard InChI is InChI=1S/C37H40ClN7O3/c1-42-18-7-12-29(42)25-47-36-40-32-23-43(33-14-6-11-27-10-5-13-31(38)34(27)33)19-16-30(32)35(41-36)44-20-21-45(28(22-44)15-17-39)37(46)48-24-26-8-3-2-4-9-26/h2-6,8-11,13-14,28-29H,7,12,15-16,18-25H2,1H3/t28-,29-/m0/s1/i1D3. The van der Waals surface area contributed by atoms with Crippen molar-refractivity contribution in [1.29, 1.82) is 5.26 Å². The molecule has 1 amide bonds. The lowest BCUT2D eigenvalue weighted by Crippen LogP contribution is -2.55. The molecule has 3 aliphatic heterocycles. The number of ether oxygens (including phenoxy) is 2. The number of nitriles is 1. The summed E-state index contributed by atoms with van der Waals surface area (Å²) >= 11 is 6.72. The van der Waals surface area contributed by atoms with Gasteiger partial charge in [-0.15, -0.1) is 0 Å². The minimum Gasteiger partial charge on any atom is -0.462 e. The molecule has 0 N–H and O–H groups in total. The van der Waals surface area contributed by atoms with Gasteiger partial charge in [0.15, 0.2) is 0 Å². The molecule has 0 radical (unpaired) electrons. The number of piperazine rings is 1. The molecule has 3 aliphatic rings. The fraction of sp³-hybridized carbons (Fsp3) is 0.405. The van der Waals surface area contributed by atoms with Crippen LogP contribution in [-0.2, 0) is 24.3 Å². The quantitative estimate of drug-likeness (QED) is 0.222. The first-order chi connectivity index (χ1) is 24.7. The summed E-state index contributed by atoms with van der Waals surface area (Å²) in [7, 11) is 0. The zero-order valence-electron chi connectivity index (χ0n) is 29.7. The molecule has 1 aromatic heterocycles. The Morgan fingerprint density at radius 1 is 1.02 bits per heavy atom. The number of likely N-dealkylation sites (N-methyl/N-ethyl adjacent to an activating group) is 1. The summed E-state index contributed by atoms with van der Waals surface area (Å²) in [6.07, 6.45) is 1.83. The van der Waals surface area contributed by atoms with E-state index in [0.717, 1.165) is 39.7 Å². The number of halogens is 1. The molecule has 248 valence electrons. The monoisotopic (exact) mass is 668 g/mol. The van der Waals surface area contributed by atoms with Crippen LogP contribution in [0.25, 0.3) is 10.8 Å². The van der Waals surface area contributed by atoms with E-state index >= 15 is 0 Å². The molecule has 4 aromatic rings. The number of likely N-dealkylation sites (tertiary alicyclic amines) is 1. The Morgan fingerprint density at radius 2 is 1.88 bits per heavy atom. The second-order valence-electron chi connectivity index (χ2n) is 12.5. The Labute approximate surface area is 290 Å². The summed E-state index contributed by atoms with van der Waals surface area (Å²) in [6, 6.07) is 23.3. The molecule has 3 aromatic carbocycles. The second-order valence-corrected chi connectivity index (χ2v) is 12.9. The first kappa shape index (κ1) is 28.4. The number of nitrogens with zero attached hydrogens (tertiary/aromatic N) is 7. The number of anilines is 2. The van der Waals surface area contributed by atoms with E-state index in [0.29, 0.717) is 63.0 Å². The predicted octanol–water partition coefficient (Wildman–Crippen LogP) is 6.06. The van der Waals surface area contributed by atoms with Crippen molar-refractivity contribution in [2.45, 2.75) is 50.9 Å². The van der Waals surface area contributed by atoms with Crippen molar-refractivity contribution in [2.24, 2.45) is 0 Å². The molecule has 0 aliphatic carbocycles. The molecular weight excluding hydrogens is 626 g/mol. The third-order valence-corrected chi connectivity index (χ3v) is 9.84. The van der Waals surface area contributed by atoms with Crippen molar-refractivity contribution in [3.8, 4) is 12.1 Å². The van der Waals surface area contributed by atoms with Gasteiger partial charge in [-0.3, -0.25) is 0 Å². The number of aromatic nitrogens is 2. The number of hydrogen-bond acceptors (Lipinski definition) is 9. The van der Waals surface area contributed by atoms with Crippen molar-refractivity contribution in [1.82, 2.24) is 19.8 Å². The highest BCUT2D eigenvalue weighted by Gasteiger charge is 2.35. The van der Waals surface area contributed by atoms with Crippen LogP contribution >= 0.6 is 11.6 Å². The van der Waals surface area contributed by atoms with Crippen LogP contribution in [0.2, 0.25) is 5.02 Å². The van der Waals surface area contributed by atoms with Crippen LogP contribution in [0, 0.1) is 11.3 Å². The molecule has 0 saturated carbocycles. The van der Waals surface area contributed by atoms with E-state index in [1.165, 1.54) is 4.90 Å². The van der Waals surface area contributed by atoms with Gasteiger partial charge in [-0.2, -0.15) is 15.2 Å². The summed E-state index contributed by atoms with van der Waals surface area (Å²) < 4.78 is 35.8. The third-order valence-electron chi connectivity index (χ3n) is 9.53. The Hall–Kier alpha value is -4.59. The lowest BCUT2D eigenvalue weighted by Gasteiger charge is -2.42. The minimum atomic E-state index is -2.20. The molecule has 7 rings (SSSR count). The zero-order chi connectivity index (χ0) is 35.5. The fourth-order valence-corrected chi connectivity index (χ4v) is 7.29. The van der Waals surface area contributed by atoms with Crippen LogP contribution in [0.15, 0.2) is 66.7 Å². The molecule has 0 bridgehead atoms. The Balaban J connectivity index is 1.17. The SMILES string of the molecule is [2H]C([2H])([2H])N1CCC[C@H]1COc1nc2c(c(N3CCN(C(=O)OCc4ccccc4)[C@@H](CC#N)C3)n1)CCN(c1cccc3cccc(Cl)c13)C2. The van der Waals surface area contributed by atoms with Gasteiger partial charge in [-0.25, -0.2) is 4.79 Å². The van der Waals surface area contributed by atoms with Crippen molar-refractivity contribution >= 4 is 40.0 Å².